The van der Waals surface area contributed by atoms with E-state index in [0.717, 1.165) is 11.1 Å². The number of nitrogens with zero attached hydrogens (tertiary/aromatic N) is 1. The van der Waals surface area contributed by atoms with E-state index in [1.807, 2.05) is 39.8 Å². The van der Waals surface area contributed by atoms with Gasteiger partial charge in [-0.1, -0.05) is 18.2 Å². The molecule has 6 nitrogen and oxygen atoms in total. The number of alkyl halides is 2. The fourth-order valence-corrected chi connectivity index (χ4v) is 5.23. The van der Waals surface area contributed by atoms with Crippen molar-refractivity contribution >= 4 is 11.9 Å². The maximum absolute atomic E-state index is 14.1. The number of unbranched alkanes of at least 4 members (excludes halogenated alkanes) is 1. The molecule has 1 saturated carbocycles. The average Bonchev–Trinajstić information content (AvgIpc) is 2.85. The van der Waals surface area contributed by atoms with Crippen LogP contribution in [0.3, 0.4) is 0 Å². The van der Waals surface area contributed by atoms with Crippen molar-refractivity contribution in [1.29, 1.82) is 0 Å². The van der Waals surface area contributed by atoms with Gasteiger partial charge in [-0.15, -0.1) is 0 Å². The lowest BCUT2D eigenvalue weighted by atomic mass is 9.64. The van der Waals surface area contributed by atoms with Gasteiger partial charge in [0.25, 0.3) is 0 Å². The zero-order chi connectivity index (χ0) is 28.8. The highest BCUT2D eigenvalue weighted by atomic mass is 19.3. The van der Waals surface area contributed by atoms with Gasteiger partial charge in [0.2, 0.25) is 11.8 Å². The molecule has 1 atom stereocenters. The van der Waals surface area contributed by atoms with Gasteiger partial charge in [0.1, 0.15) is 17.3 Å². The second-order valence-corrected chi connectivity index (χ2v) is 10.3. The Labute approximate surface area is 228 Å². The van der Waals surface area contributed by atoms with E-state index in [-0.39, 0.29) is 12.4 Å². The molecule has 2 aromatic carbocycles. The maximum atomic E-state index is 14.1. The fraction of sp³-hybridized carbons (Fsp3) is 0.533. The van der Waals surface area contributed by atoms with Gasteiger partial charge < -0.3 is 19.5 Å². The number of carbonyl (C=O) groups excluding carboxylic acids is 1. The van der Waals surface area contributed by atoms with Crippen LogP contribution in [0.2, 0.25) is 0 Å². The summed E-state index contributed by atoms with van der Waals surface area (Å²) in [4.78, 5) is 27.1. The summed E-state index contributed by atoms with van der Waals surface area (Å²) in [5.41, 5.74) is 0.329. The lowest BCUT2D eigenvalue weighted by Gasteiger charge is -2.44. The molecule has 0 aliphatic heterocycles. The lowest BCUT2D eigenvalue weighted by Crippen LogP contribution is -2.53. The number of carboxylic acid groups (broad SMARTS) is 1. The number of hydrogen-bond donors (Lipinski definition) is 1. The first kappa shape index (κ1) is 30.3. The summed E-state index contributed by atoms with van der Waals surface area (Å²) in [6.45, 7) is 8.53. The Balaban J connectivity index is 1.86. The van der Waals surface area contributed by atoms with E-state index in [1.54, 1.807) is 23.1 Å². The summed E-state index contributed by atoms with van der Waals surface area (Å²) in [5.74, 6) is -4.07. The minimum atomic E-state index is -3.09. The van der Waals surface area contributed by atoms with Gasteiger partial charge in [-0.05, 0) is 76.3 Å². The lowest BCUT2D eigenvalue weighted by molar-refractivity contribution is -0.197. The largest absolute Gasteiger partial charge is 0.493 e. The summed E-state index contributed by atoms with van der Waals surface area (Å²) in [7, 11) is 0. The smallest absolute Gasteiger partial charge is 0.310 e. The van der Waals surface area contributed by atoms with Gasteiger partial charge in [0.05, 0.1) is 24.7 Å². The summed E-state index contributed by atoms with van der Waals surface area (Å²) in [6.07, 6.45) is -0.654. The molecule has 1 fully saturated rings. The van der Waals surface area contributed by atoms with E-state index >= 15 is 0 Å². The molecule has 1 amide bonds. The first-order valence-corrected chi connectivity index (χ1v) is 13.5. The third kappa shape index (κ3) is 7.25. The molecule has 0 saturated heterocycles. The Morgan fingerprint density at radius 2 is 1.64 bits per heavy atom. The number of halogens is 3. The Hall–Kier alpha value is -3.23. The van der Waals surface area contributed by atoms with Crippen LogP contribution in [-0.4, -0.2) is 47.6 Å². The predicted molar refractivity (Wildman–Crippen MR) is 142 cm³/mol. The molecule has 214 valence electrons. The Kier molecular flexibility index (Phi) is 9.91. The van der Waals surface area contributed by atoms with Gasteiger partial charge in [-0.3, -0.25) is 9.59 Å². The maximum Gasteiger partial charge on any atom is 0.310 e. The molecule has 1 aliphatic rings. The second-order valence-electron chi connectivity index (χ2n) is 10.3. The van der Waals surface area contributed by atoms with Crippen molar-refractivity contribution in [1.82, 2.24) is 4.90 Å². The highest BCUT2D eigenvalue weighted by molar-refractivity contribution is 5.86. The van der Waals surface area contributed by atoms with E-state index < -0.39 is 48.5 Å². The van der Waals surface area contributed by atoms with Crippen LogP contribution < -0.4 is 9.47 Å². The van der Waals surface area contributed by atoms with Crippen LogP contribution in [0, 0.1) is 18.2 Å². The Morgan fingerprint density at radius 3 is 2.15 bits per heavy atom. The minimum absolute atomic E-state index is 0.252. The first-order chi connectivity index (χ1) is 18.4. The molecule has 0 bridgehead atoms. The number of ether oxygens (including phenoxy) is 2. The molecule has 1 N–H and O–H groups in total. The highest BCUT2D eigenvalue weighted by Crippen LogP contribution is 2.54. The van der Waals surface area contributed by atoms with Crippen molar-refractivity contribution in [3.05, 3.63) is 58.9 Å². The number of amides is 1. The molecule has 9 heteroatoms. The zero-order valence-corrected chi connectivity index (χ0v) is 23.1. The van der Waals surface area contributed by atoms with Crippen molar-refractivity contribution in [2.45, 2.75) is 78.2 Å². The third-order valence-corrected chi connectivity index (χ3v) is 7.39. The highest BCUT2D eigenvalue weighted by Gasteiger charge is 2.62. The quantitative estimate of drug-likeness (QED) is 0.264. The van der Waals surface area contributed by atoms with Gasteiger partial charge in [0.15, 0.2) is 0 Å². The third-order valence-electron chi connectivity index (χ3n) is 7.39. The summed E-state index contributed by atoms with van der Waals surface area (Å²) in [5, 5.41) is 9.72. The standard InChI is InChI=1S/C30H38F3NO5/c1-5-38-25-15-23(16-26(20(25)3)39-6-2)21(4)34(14-10-9-12-22-11-7-8-13-24(22)31)27(35)17-29(28(36)37)18-30(32,33)19-29/h7-8,11,13,15-16,21H,5-6,9-10,12,14,17-19H2,1-4H3,(H,36,37). The normalized spacial score (nSPS) is 16.2. The Bertz CT molecular complexity index is 1130. The first-order valence-electron chi connectivity index (χ1n) is 13.5. The molecule has 0 aromatic heterocycles. The zero-order valence-electron chi connectivity index (χ0n) is 23.1. The predicted octanol–water partition coefficient (Wildman–Crippen LogP) is 6.73. The fourth-order valence-electron chi connectivity index (χ4n) is 5.23. The molecule has 2 aromatic rings. The second kappa shape index (κ2) is 12.7. The molecule has 0 spiro atoms. The van der Waals surface area contributed by atoms with Crippen LogP contribution in [0.15, 0.2) is 36.4 Å². The number of aryl methyl sites for hydroxylation is 1. The van der Waals surface area contributed by atoms with Gasteiger partial charge in [0, 0.05) is 31.4 Å². The molecular weight excluding hydrogens is 511 g/mol. The van der Waals surface area contributed by atoms with Crippen molar-refractivity contribution in [3.8, 4) is 11.5 Å². The number of rotatable bonds is 14. The molecular formula is C30H38F3NO5. The number of carboxylic acids is 1. The van der Waals surface area contributed by atoms with Crippen LogP contribution in [0.1, 0.15) is 75.6 Å². The number of aliphatic carboxylic acids is 1. The van der Waals surface area contributed by atoms with E-state index in [0.29, 0.717) is 49.5 Å². The molecule has 0 heterocycles. The van der Waals surface area contributed by atoms with E-state index in [9.17, 15) is 27.9 Å². The van der Waals surface area contributed by atoms with Crippen molar-refractivity contribution in [2.24, 2.45) is 5.41 Å². The monoisotopic (exact) mass is 549 g/mol. The topological polar surface area (TPSA) is 76.1 Å². The molecule has 3 rings (SSSR count). The summed E-state index contributed by atoms with van der Waals surface area (Å²) >= 11 is 0. The van der Waals surface area contributed by atoms with Crippen molar-refractivity contribution in [2.75, 3.05) is 19.8 Å². The number of carbonyl (C=O) groups is 2. The molecule has 0 radical (unpaired) electrons. The van der Waals surface area contributed by atoms with Crippen molar-refractivity contribution in [3.63, 3.8) is 0 Å². The molecule has 1 unspecified atom stereocenters. The van der Waals surface area contributed by atoms with Crippen LogP contribution in [-0.2, 0) is 16.0 Å². The van der Waals surface area contributed by atoms with Crippen LogP contribution >= 0.6 is 0 Å². The van der Waals surface area contributed by atoms with Gasteiger partial charge in [-0.25, -0.2) is 13.2 Å². The Morgan fingerprint density at radius 1 is 1.05 bits per heavy atom. The number of hydrogen-bond acceptors (Lipinski definition) is 4. The van der Waals surface area contributed by atoms with Crippen molar-refractivity contribution < 1.29 is 37.3 Å². The SMILES string of the molecule is CCOc1cc(C(C)N(CCCCc2ccccc2F)C(=O)CC2(C(=O)O)CC(F)(F)C2)cc(OCC)c1C. The molecule has 39 heavy (non-hydrogen) atoms. The number of benzene rings is 2. The van der Waals surface area contributed by atoms with E-state index in [2.05, 4.69) is 0 Å². The minimum Gasteiger partial charge on any atom is -0.493 e. The van der Waals surface area contributed by atoms with Crippen LogP contribution in [0.25, 0.3) is 0 Å². The van der Waals surface area contributed by atoms with Gasteiger partial charge >= 0.3 is 5.97 Å². The van der Waals surface area contributed by atoms with E-state index in [1.165, 1.54) is 6.07 Å². The summed E-state index contributed by atoms with van der Waals surface area (Å²) < 4.78 is 53.1. The van der Waals surface area contributed by atoms with E-state index in [4.69, 9.17) is 9.47 Å². The average molecular weight is 550 g/mol. The molecule has 1 aliphatic carbocycles. The summed E-state index contributed by atoms with van der Waals surface area (Å²) in [6, 6.07) is 9.64. The van der Waals surface area contributed by atoms with Crippen LogP contribution in [0.5, 0.6) is 11.5 Å². The van der Waals surface area contributed by atoms with Gasteiger partial charge in [-0.2, -0.15) is 0 Å². The van der Waals surface area contributed by atoms with Crippen LogP contribution in [0.4, 0.5) is 13.2 Å².